The van der Waals surface area contributed by atoms with E-state index in [-0.39, 0.29) is 5.91 Å². The number of imidazole rings is 1. The zero-order valence-electron chi connectivity index (χ0n) is 9.35. The van der Waals surface area contributed by atoms with Crippen LogP contribution in [-0.4, -0.2) is 21.5 Å². The smallest absolute Gasteiger partial charge is 0.240 e. The van der Waals surface area contributed by atoms with Crippen LogP contribution in [0.3, 0.4) is 0 Å². The highest BCUT2D eigenvalue weighted by atomic mass is 16.2. The normalized spacial score (nSPS) is 16.6. The Morgan fingerprint density at radius 2 is 2.31 bits per heavy atom. The van der Waals surface area contributed by atoms with E-state index in [0.29, 0.717) is 19.1 Å². The monoisotopic (exact) mass is 222 g/mol. The van der Waals surface area contributed by atoms with E-state index in [9.17, 15) is 4.79 Å². The highest BCUT2D eigenvalue weighted by Crippen LogP contribution is 2.17. The molecule has 16 heavy (non-hydrogen) atoms. The molecule has 0 spiro atoms. The predicted octanol–water partition coefficient (Wildman–Crippen LogP) is 0.401. The number of carbonyl (C=O) groups is 1. The van der Waals surface area contributed by atoms with Gasteiger partial charge in [-0.15, -0.1) is 0 Å². The summed E-state index contributed by atoms with van der Waals surface area (Å²) >= 11 is 0. The number of nitrogens with one attached hydrogen (secondary N) is 1. The molecule has 0 bridgehead atoms. The lowest BCUT2D eigenvalue weighted by Gasteiger charge is -2.11. The van der Waals surface area contributed by atoms with Gasteiger partial charge in [-0.3, -0.25) is 4.79 Å². The number of nitrogens with two attached hydrogens (primary N) is 1. The van der Waals surface area contributed by atoms with E-state index < -0.39 is 0 Å². The Bertz CT molecular complexity index is 355. The van der Waals surface area contributed by atoms with E-state index >= 15 is 0 Å². The minimum Gasteiger partial charge on any atom is -0.352 e. The van der Waals surface area contributed by atoms with Crippen LogP contribution in [0.5, 0.6) is 0 Å². The largest absolute Gasteiger partial charge is 0.352 e. The molecule has 1 aromatic rings. The highest BCUT2D eigenvalue weighted by molar-refractivity contribution is 5.76. The number of hydrogen-bond donors (Lipinski definition) is 2. The Labute approximate surface area is 95.0 Å². The fourth-order valence-electron chi connectivity index (χ4n) is 2.11. The van der Waals surface area contributed by atoms with Gasteiger partial charge in [0, 0.05) is 18.8 Å². The van der Waals surface area contributed by atoms with Crippen molar-refractivity contribution in [2.24, 2.45) is 5.73 Å². The topological polar surface area (TPSA) is 72.9 Å². The fraction of sp³-hybridized carbons (Fsp3) is 0.636. The lowest BCUT2D eigenvalue weighted by molar-refractivity contribution is -0.122. The summed E-state index contributed by atoms with van der Waals surface area (Å²) in [5.74, 6) is 0.0628. The molecule has 1 heterocycles. The lowest BCUT2D eigenvalue weighted by atomic mass is 10.2. The molecule has 1 aromatic heterocycles. The van der Waals surface area contributed by atoms with Crippen LogP contribution in [0.1, 0.15) is 31.4 Å². The van der Waals surface area contributed by atoms with E-state index in [2.05, 4.69) is 10.3 Å². The molecule has 5 heteroatoms. The van der Waals surface area contributed by atoms with Crippen molar-refractivity contribution in [1.29, 1.82) is 0 Å². The minimum atomic E-state index is 0.0628. The summed E-state index contributed by atoms with van der Waals surface area (Å²) in [7, 11) is 0. The molecule has 0 aromatic carbocycles. The van der Waals surface area contributed by atoms with Crippen LogP contribution < -0.4 is 11.1 Å². The van der Waals surface area contributed by atoms with Gasteiger partial charge in [-0.05, 0) is 12.8 Å². The van der Waals surface area contributed by atoms with Crippen LogP contribution in [0.25, 0.3) is 0 Å². The summed E-state index contributed by atoms with van der Waals surface area (Å²) in [6, 6.07) is 0.380. The highest BCUT2D eigenvalue weighted by Gasteiger charge is 2.16. The molecule has 2 rings (SSSR count). The Morgan fingerprint density at radius 1 is 1.56 bits per heavy atom. The molecule has 3 N–H and O–H groups in total. The molecule has 5 nitrogen and oxygen atoms in total. The third kappa shape index (κ3) is 2.82. The Hall–Kier alpha value is -1.36. The van der Waals surface area contributed by atoms with Crippen molar-refractivity contribution in [3.8, 4) is 0 Å². The Morgan fingerprint density at radius 3 is 2.94 bits per heavy atom. The quantitative estimate of drug-likeness (QED) is 0.774. The number of nitrogens with zero attached hydrogens (tertiary/aromatic N) is 2. The van der Waals surface area contributed by atoms with Gasteiger partial charge in [0.1, 0.15) is 6.54 Å². The molecule has 88 valence electrons. The SMILES string of the molecule is NCc1cn(CC(=O)NC2CCCC2)cn1. The van der Waals surface area contributed by atoms with Gasteiger partial charge in [-0.2, -0.15) is 0 Å². The van der Waals surface area contributed by atoms with Gasteiger partial charge in [-0.25, -0.2) is 4.98 Å². The molecule has 0 atom stereocenters. The average molecular weight is 222 g/mol. The summed E-state index contributed by atoms with van der Waals surface area (Å²) in [6.07, 6.45) is 8.15. The van der Waals surface area contributed by atoms with Gasteiger partial charge >= 0.3 is 0 Å². The van der Waals surface area contributed by atoms with Gasteiger partial charge in [0.2, 0.25) is 5.91 Å². The maximum atomic E-state index is 11.7. The predicted molar refractivity (Wildman–Crippen MR) is 60.5 cm³/mol. The van der Waals surface area contributed by atoms with Gasteiger partial charge in [0.05, 0.1) is 12.0 Å². The molecule has 1 aliphatic carbocycles. The van der Waals surface area contributed by atoms with Gasteiger partial charge in [0.15, 0.2) is 0 Å². The zero-order valence-corrected chi connectivity index (χ0v) is 9.35. The first-order chi connectivity index (χ1) is 7.78. The Balaban J connectivity index is 1.81. The van der Waals surface area contributed by atoms with E-state index in [4.69, 9.17) is 5.73 Å². The number of amides is 1. The van der Waals surface area contributed by atoms with Crippen molar-refractivity contribution in [2.75, 3.05) is 0 Å². The molecule has 1 fully saturated rings. The van der Waals surface area contributed by atoms with E-state index in [1.165, 1.54) is 12.8 Å². The van der Waals surface area contributed by atoms with E-state index in [0.717, 1.165) is 18.5 Å². The van der Waals surface area contributed by atoms with Crippen LogP contribution >= 0.6 is 0 Å². The Kier molecular flexibility index (Phi) is 3.56. The molecule has 1 saturated carbocycles. The lowest BCUT2D eigenvalue weighted by Crippen LogP contribution is -2.34. The molecule has 0 saturated heterocycles. The summed E-state index contributed by atoms with van der Waals surface area (Å²) in [5.41, 5.74) is 6.26. The van der Waals surface area contributed by atoms with Crippen molar-refractivity contribution in [1.82, 2.24) is 14.9 Å². The number of carbonyl (C=O) groups excluding carboxylic acids is 1. The van der Waals surface area contributed by atoms with Gasteiger partial charge < -0.3 is 15.6 Å². The molecule has 1 amide bonds. The maximum absolute atomic E-state index is 11.7. The summed E-state index contributed by atoms with van der Waals surface area (Å²) in [5, 5.41) is 3.04. The van der Waals surface area contributed by atoms with Crippen molar-refractivity contribution in [3.05, 3.63) is 18.2 Å². The molecule has 0 unspecified atom stereocenters. The van der Waals surface area contributed by atoms with Crippen LogP contribution in [0.15, 0.2) is 12.5 Å². The van der Waals surface area contributed by atoms with E-state index in [1.54, 1.807) is 10.9 Å². The van der Waals surface area contributed by atoms with Gasteiger partial charge in [-0.1, -0.05) is 12.8 Å². The van der Waals surface area contributed by atoms with Crippen LogP contribution in [0, 0.1) is 0 Å². The second-order valence-corrected chi connectivity index (χ2v) is 4.29. The van der Waals surface area contributed by atoms with Crippen LogP contribution in [0.2, 0.25) is 0 Å². The van der Waals surface area contributed by atoms with Crippen LogP contribution in [-0.2, 0) is 17.9 Å². The van der Waals surface area contributed by atoms with E-state index in [1.807, 2.05) is 6.20 Å². The third-order valence-corrected chi connectivity index (χ3v) is 2.94. The number of rotatable bonds is 4. The number of hydrogen-bond acceptors (Lipinski definition) is 3. The second kappa shape index (κ2) is 5.12. The zero-order chi connectivity index (χ0) is 11.4. The molecular weight excluding hydrogens is 204 g/mol. The average Bonchev–Trinajstić information content (AvgIpc) is 2.89. The molecule has 0 radical (unpaired) electrons. The first-order valence-electron chi connectivity index (χ1n) is 5.78. The molecule has 0 aliphatic heterocycles. The first kappa shape index (κ1) is 11.1. The van der Waals surface area contributed by atoms with Crippen molar-refractivity contribution in [2.45, 2.75) is 44.8 Å². The maximum Gasteiger partial charge on any atom is 0.240 e. The summed E-state index contributed by atoms with van der Waals surface area (Å²) in [4.78, 5) is 15.8. The van der Waals surface area contributed by atoms with Crippen LogP contribution in [0.4, 0.5) is 0 Å². The third-order valence-electron chi connectivity index (χ3n) is 2.94. The summed E-state index contributed by atoms with van der Waals surface area (Å²) < 4.78 is 1.77. The fourth-order valence-corrected chi connectivity index (χ4v) is 2.11. The van der Waals surface area contributed by atoms with Gasteiger partial charge in [0.25, 0.3) is 0 Å². The summed E-state index contributed by atoms with van der Waals surface area (Å²) in [6.45, 7) is 0.751. The van der Waals surface area contributed by atoms with Crippen molar-refractivity contribution < 1.29 is 4.79 Å². The molecule has 1 aliphatic rings. The standard InChI is InChI=1S/C11H18N4O/c12-5-10-6-15(8-13-10)7-11(16)14-9-3-1-2-4-9/h6,8-9H,1-5,7,12H2,(H,14,16). The second-order valence-electron chi connectivity index (χ2n) is 4.29. The first-order valence-corrected chi connectivity index (χ1v) is 5.78. The molecular formula is C11H18N4O. The number of aromatic nitrogens is 2. The van der Waals surface area contributed by atoms with Crippen molar-refractivity contribution >= 4 is 5.91 Å². The van der Waals surface area contributed by atoms with Crippen molar-refractivity contribution in [3.63, 3.8) is 0 Å². The minimum absolute atomic E-state index is 0.0628.